The monoisotopic (exact) mass is 433 g/mol. The highest BCUT2D eigenvalue weighted by Crippen LogP contribution is 2.27. The summed E-state index contributed by atoms with van der Waals surface area (Å²) in [5, 5.41) is 0.368. The molecule has 7 heteroatoms. The van der Waals surface area contributed by atoms with Gasteiger partial charge in [-0.2, -0.15) is 4.31 Å². The van der Waals surface area contributed by atoms with Crippen molar-refractivity contribution in [3.63, 3.8) is 0 Å². The number of benzene rings is 2. The Bertz CT molecular complexity index is 924. The van der Waals surface area contributed by atoms with Crippen LogP contribution in [0.2, 0.25) is 0 Å². The molecule has 0 aromatic heterocycles. The maximum absolute atomic E-state index is 13.0. The van der Waals surface area contributed by atoms with Gasteiger partial charge in [0.25, 0.3) is 0 Å². The average Bonchev–Trinajstić information content (AvgIpc) is 3.23. The normalized spacial score (nSPS) is 17.2. The molecule has 0 bridgehead atoms. The number of hydrogen-bond acceptors (Lipinski definition) is 5. The van der Waals surface area contributed by atoms with E-state index < -0.39 is 10.0 Å². The summed E-state index contributed by atoms with van der Waals surface area (Å²) >= 11 is 5.45. The Hall–Kier alpha value is -1.96. The van der Waals surface area contributed by atoms with Gasteiger partial charge in [-0.1, -0.05) is 29.8 Å². The number of methoxy groups -OCH3 is 1. The molecule has 1 atom stereocenters. The predicted octanol–water partition coefficient (Wildman–Crippen LogP) is 4.13. The van der Waals surface area contributed by atoms with Crippen molar-refractivity contribution >= 4 is 27.3 Å². The van der Waals surface area contributed by atoms with E-state index in [1.54, 1.807) is 19.2 Å². The number of thiocarbonyl (C=S) groups is 1. The molecule has 0 amide bonds. The van der Waals surface area contributed by atoms with E-state index in [1.165, 1.54) is 9.87 Å². The number of hydrogen-bond donors (Lipinski definition) is 0. The summed E-state index contributed by atoms with van der Waals surface area (Å²) in [6.07, 6.45) is 3.15. The molecule has 156 valence electrons. The number of rotatable bonds is 8. The van der Waals surface area contributed by atoms with Crippen LogP contribution in [-0.4, -0.2) is 44.1 Å². The molecule has 0 N–H and O–H groups in total. The minimum atomic E-state index is -3.58. The molecule has 1 fully saturated rings. The van der Waals surface area contributed by atoms with Crippen LogP contribution in [0.15, 0.2) is 53.4 Å². The Balaban J connectivity index is 1.54. The van der Waals surface area contributed by atoms with Crippen LogP contribution in [-0.2, 0) is 21.2 Å². The lowest BCUT2D eigenvalue weighted by atomic mass is 10.1. The quantitative estimate of drug-likeness (QED) is 0.463. The first kappa shape index (κ1) is 21.7. The van der Waals surface area contributed by atoms with Gasteiger partial charge in [-0.15, -0.1) is 0 Å². The van der Waals surface area contributed by atoms with Gasteiger partial charge in [0.15, 0.2) is 5.05 Å². The van der Waals surface area contributed by atoms with E-state index >= 15 is 0 Å². The number of ether oxygens (including phenoxy) is 2. The second-order valence-corrected chi connectivity index (χ2v) is 9.50. The minimum Gasteiger partial charge on any atom is -0.497 e. The SMILES string of the molecule is COc1ccc(CCCOC(=S)[C@@H]2CCCN2S(=O)(=O)c2ccc(C)cc2)cc1. The van der Waals surface area contributed by atoms with Gasteiger partial charge in [-0.25, -0.2) is 8.42 Å². The highest BCUT2D eigenvalue weighted by atomic mass is 32.2. The van der Waals surface area contributed by atoms with Crippen LogP contribution in [0.5, 0.6) is 5.75 Å². The first-order chi connectivity index (χ1) is 13.9. The first-order valence-electron chi connectivity index (χ1n) is 9.80. The number of nitrogens with zero attached hydrogens (tertiary/aromatic N) is 1. The summed E-state index contributed by atoms with van der Waals surface area (Å²) < 4.78 is 38.5. The van der Waals surface area contributed by atoms with Gasteiger partial charge in [0.2, 0.25) is 10.0 Å². The van der Waals surface area contributed by atoms with Crippen LogP contribution >= 0.6 is 12.2 Å². The van der Waals surface area contributed by atoms with Gasteiger partial charge < -0.3 is 9.47 Å². The lowest BCUT2D eigenvalue weighted by molar-refractivity contribution is 0.277. The molecule has 0 aliphatic carbocycles. The van der Waals surface area contributed by atoms with Crippen molar-refractivity contribution in [2.45, 2.75) is 43.5 Å². The zero-order chi connectivity index (χ0) is 20.9. The van der Waals surface area contributed by atoms with E-state index in [0.29, 0.717) is 29.5 Å². The Morgan fingerprint density at radius 2 is 1.83 bits per heavy atom. The fraction of sp³-hybridized carbons (Fsp3) is 0.409. The van der Waals surface area contributed by atoms with E-state index in [2.05, 4.69) is 0 Å². The summed E-state index contributed by atoms with van der Waals surface area (Å²) in [5.41, 5.74) is 2.22. The lowest BCUT2D eigenvalue weighted by Crippen LogP contribution is -2.40. The molecular weight excluding hydrogens is 406 g/mol. The molecule has 0 spiro atoms. The van der Waals surface area contributed by atoms with Crippen molar-refractivity contribution in [2.24, 2.45) is 0 Å². The highest BCUT2D eigenvalue weighted by molar-refractivity contribution is 7.89. The molecule has 0 radical (unpaired) electrons. The smallest absolute Gasteiger partial charge is 0.243 e. The van der Waals surface area contributed by atoms with Crippen LogP contribution in [0.1, 0.15) is 30.4 Å². The van der Waals surface area contributed by atoms with Crippen LogP contribution < -0.4 is 4.74 Å². The molecule has 1 saturated heterocycles. The van der Waals surface area contributed by atoms with Gasteiger partial charge in [0.05, 0.1) is 24.7 Å². The van der Waals surface area contributed by atoms with E-state index in [4.69, 9.17) is 21.7 Å². The molecule has 5 nitrogen and oxygen atoms in total. The van der Waals surface area contributed by atoms with Gasteiger partial charge in [-0.3, -0.25) is 0 Å². The van der Waals surface area contributed by atoms with Gasteiger partial charge in [-0.05, 0) is 74.7 Å². The number of aryl methyl sites for hydroxylation is 2. The van der Waals surface area contributed by atoms with Crippen LogP contribution in [0.4, 0.5) is 0 Å². The van der Waals surface area contributed by atoms with Gasteiger partial charge in [0.1, 0.15) is 5.75 Å². The predicted molar refractivity (Wildman–Crippen MR) is 118 cm³/mol. The summed E-state index contributed by atoms with van der Waals surface area (Å²) in [6.45, 7) is 2.87. The molecule has 2 aromatic rings. The first-order valence-corrected chi connectivity index (χ1v) is 11.6. The average molecular weight is 434 g/mol. The molecule has 0 saturated carbocycles. The molecule has 29 heavy (non-hydrogen) atoms. The van der Waals surface area contributed by atoms with E-state index in [9.17, 15) is 8.42 Å². The topological polar surface area (TPSA) is 55.8 Å². The van der Waals surface area contributed by atoms with Crippen molar-refractivity contribution in [2.75, 3.05) is 20.3 Å². The second-order valence-electron chi connectivity index (χ2n) is 7.21. The third-order valence-electron chi connectivity index (χ3n) is 5.12. The zero-order valence-corrected chi connectivity index (χ0v) is 18.5. The Morgan fingerprint density at radius 3 is 2.48 bits per heavy atom. The van der Waals surface area contributed by atoms with Crippen molar-refractivity contribution in [3.05, 3.63) is 59.7 Å². The third-order valence-corrected chi connectivity index (χ3v) is 7.43. The second kappa shape index (κ2) is 9.69. The number of sulfonamides is 1. The molecular formula is C22H27NO4S2. The largest absolute Gasteiger partial charge is 0.497 e. The van der Waals surface area contributed by atoms with Crippen LogP contribution in [0.25, 0.3) is 0 Å². The Morgan fingerprint density at radius 1 is 1.14 bits per heavy atom. The molecule has 1 aliphatic heterocycles. The van der Waals surface area contributed by atoms with Crippen molar-refractivity contribution in [1.29, 1.82) is 0 Å². The van der Waals surface area contributed by atoms with Crippen LogP contribution in [0, 0.1) is 6.92 Å². The molecule has 2 aromatic carbocycles. The molecule has 1 aliphatic rings. The van der Waals surface area contributed by atoms with Crippen molar-refractivity contribution in [1.82, 2.24) is 4.31 Å². The van der Waals surface area contributed by atoms with E-state index in [0.717, 1.165) is 30.6 Å². The minimum absolute atomic E-state index is 0.303. The maximum Gasteiger partial charge on any atom is 0.243 e. The van der Waals surface area contributed by atoms with E-state index in [1.807, 2.05) is 43.3 Å². The van der Waals surface area contributed by atoms with Crippen LogP contribution in [0.3, 0.4) is 0 Å². The lowest BCUT2D eigenvalue weighted by Gasteiger charge is -2.24. The molecule has 3 rings (SSSR count). The zero-order valence-electron chi connectivity index (χ0n) is 16.8. The highest BCUT2D eigenvalue weighted by Gasteiger charge is 2.38. The standard InChI is InChI=1S/C22H27NO4S2/c1-17-7-13-20(14-8-17)29(24,25)23-15-3-6-21(23)22(28)27-16-4-5-18-9-11-19(26-2)12-10-18/h7-14,21H,3-6,15-16H2,1-2H3/t21-/m0/s1. The molecule has 1 heterocycles. The molecule has 0 unspecified atom stereocenters. The maximum atomic E-state index is 13.0. The Kier molecular flexibility index (Phi) is 7.27. The van der Waals surface area contributed by atoms with Gasteiger partial charge in [0, 0.05) is 6.54 Å². The summed E-state index contributed by atoms with van der Waals surface area (Å²) in [7, 11) is -1.93. The fourth-order valence-electron chi connectivity index (χ4n) is 3.45. The third kappa shape index (κ3) is 5.35. The van der Waals surface area contributed by atoms with Crippen molar-refractivity contribution < 1.29 is 17.9 Å². The van der Waals surface area contributed by atoms with E-state index in [-0.39, 0.29) is 6.04 Å². The summed E-state index contributed by atoms with van der Waals surface area (Å²) in [4.78, 5) is 0.303. The summed E-state index contributed by atoms with van der Waals surface area (Å²) in [6, 6.07) is 14.5. The van der Waals surface area contributed by atoms with Gasteiger partial charge >= 0.3 is 0 Å². The summed E-state index contributed by atoms with van der Waals surface area (Å²) in [5.74, 6) is 0.835. The Labute approximate surface area is 178 Å². The van der Waals surface area contributed by atoms with Crippen molar-refractivity contribution in [3.8, 4) is 5.75 Å². The fourth-order valence-corrected chi connectivity index (χ4v) is 5.50.